The molecule has 0 radical (unpaired) electrons. The van der Waals surface area contributed by atoms with Gasteiger partial charge in [-0.3, -0.25) is 9.59 Å². The number of likely N-dealkylation sites (N-methyl/N-ethyl adjacent to an activating group) is 1. The van der Waals surface area contributed by atoms with Gasteiger partial charge in [-0.05, 0) is 45.1 Å². The van der Waals surface area contributed by atoms with Gasteiger partial charge in [-0.25, -0.2) is 0 Å². The average Bonchev–Trinajstić information content (AvgIpc) is 3.08. The second-order valence-corrected chi connectivity index (χ2v) is 8.50. The zero-order chi connectivity index (χ0) is 24.7. The van der Waals surface area contributed by atoms with E-state index in [1.807, 2.05) is 50.2 Å². The highest BCUT2D eigenvalue weighted by molar-refractivity contribution is 6.46. The van der Waals surface area contributed by atoms with Crippen LogP contribution in [0.4, 0.5) is 0 Å². The number of nitrogens with zero attached hydrogens (tertiary/aromatic N) is 2. The van der Waals surface area contributed by atoms with Crippen molar-refractivity contribution in [1.29, 1.82) is 0 Å². The molecule has 2 aromatic carbocycles. The first kappa shape index (κ1) is 25.3. The molecule has 1 fully saturated rings. The van der Waals surface area contributed by atoms with E-state index in [0.717, 1.165) is 12.8 Å². The maximum atomic E-state index is 13.1. The largest absolute Gasteiger partial charge is 0.507 e. The van der Waals surface area contributed by atoms with Crippen LogP contribution < -0.4 is 9.47 Å². The van der Waals surface area contributed by atoms with Crippen molar-refractivity contribution in [3.8, 4) is 11.5 Å². The van der Waals surface area contributed by atoms with Gasteiger partial charge in [0.25, 0.3) is 11.7 Å². The second-order valence-electron chi connectivity index (χ2n) is 8.50. The molecule has 0 spiro atoms. The van der Waals surface area contributed by atoms with Crippen molar-refractivity contribution < 1.29 is 24.2 Å². The predicted molar refractivity (Wildman–Crippen MR) is 132 cm³/mol. The van der Waals surface area contributed by atoms with Gasteiger partial charge >= 0.3 is 0 Å². The number of likely N-dealkylation sites (tertiary alicyclic amines) is 1. The number of hydrogen-bond donors (Lipinski definition) is 1. The van der Waals surface area contributed by atoms with E-state index in [-0.39, 0.29) is 11.3 Å². The first-order valence-electron chi connectivity index (χ1n) is 11.8. The lowest BCUT2D eigenvalue weighted by Gasteiger charge is -2.27. The van der Waals surface area contributed by atoms with Crippen LogP contribution in [0.5, 0.6) is 11.5 Å². The molecule has 7 heteroatoms. The molecule has 0 bridgehead atoms. The summed E-state index contributed by atoms with van der Waals surface area (Å²) in [5.74, 6) is -0.323. The highest BCUT2D eigenvalue weighted by atomic mass is 16.5. The number of aliphatic hydroxyl groups is 1. The summed E-state index contributed by atoms with van der Waals surface area (Å²) >= 11 is 0. The molecule has 34 heavy (non-hydrogen) atoms. The van der Waals surface area contributed by atoms with E-state index in [4.69, 9.17) is 9.47 Å². The summed E-state index contributed by atoms with van der Waals surface area (Å²) in [6, 6.07) is 13.5. The Kier molecular flexibility index (Phi) is 8.71. The Morgan fingerprint density at radius 2 is 1.76 bits per heavy atom. The van der Waals surface area contributed by atoms with Crippen LogP contribution in [0.2, 0.25) is 0 Å². The van der Waals surface area contributed by atoms with E-state index in [0.29, 0.717) is 48.9 Å². The molecule has 0 aromatic heterocycles. The van der Waals surface area contributed by atoms with Gasteiger partial charge < -0.3 is 24.4 Å². The van der Waals surface area contributed by atoms with Gasteiger partial charge in [-0.15, -0.1) is 0 Å². The van der Waals surface area contributed by atoms with E-state index in [1.54, 1.807) is 24.3 Å². The van der Waals surface area contributed by atoms with Gasteiger partial charge in [-0.2, -0.15) is 0 Å². The highest BCUT2D eigenvalue weighted by Crippen LogP contribution is 2.42. The number of aliphatic hydroxyl groups excluding tert-OH is 1. The van der Waals surface area contributed by atoms with Crippen LogP contribution >= 0.6 is 0 Å². The zero-order valence-corrected chi connectivity index (χ0v) is 20.4. The Hall–Kier alpha value is -3.32. The van der Waals surface area contributed by atoms with Crippen LogP contribution in [0.25, 0.3) is 5.76 Å². The molecule has 1 amide bonds. The molecular weight excluding hydrogens is 432 g/mol. The molecule has 182 valence electrons. The minimum absolute atomic E-state index is 0.0806. The SMILES string of the molecule is CCCCOc1ccc(C2C(=C(O)c3ccccc3)C(=O)C(=O)N2CCN(C)C)cc1OCC. The zero-order valence-electron chi connectivity index (χ0n) is 20.4. The van der Waals surface area contributed by atoms with Gasteiger partial charge in [0, 0.05) is 18.7 Å². The van der Waals surface area contributed by atoms with Gasteiger partial charge in [0.05, 0.1) is 24.8 Å². The number of amides is 1. The fourth-order valence-electron chi connectivity index (χ4n) is 3.93. The second kappa shape index (κ2) is 11.7. The van der Waals surface area contributed by atoms with Crippen LogP contribution in [-0.2, 0) is 9.59 Å². The lowest BCUT2D eigenvalue weighted by atomic mass is 9.95. The molecule has 1 unspecified atom stereocenters. The summed E-state index contributed by atoms with van der Waals surface area (Å²) in [6.45, 7) is 5.92. The number of rotatable bonds is 11. The van der Waals surface area contributed by atoms with Gasteiger partial charge in [0.2, 0.25) is 0 Å². The Labute approximate surface area is 201 Å². The molecule has 0 aliphatic carbocycles. The topological polar surface area (TPSA) is 79.3 Å². The predicted octanol–water partition coefficient (Wildman–Crippen LogP) is 4.25. The summed E-state index contributed by atoms with van der Waals surface area (Å²) < 4.78 is 11.7. The molecule has 1 N–H and O–H groups in total. The first-order valence-corrected chi connectivity index (χ1v) is 11.8. The van der Waals surface area contributed by atoms with Crippen LogP contribution in [0.3, 0.4) is 0 Å². The maximum Gasteiger partial charge on any atom is 0.295 e. The number of hydrogen-bond acceptors (Lipinski definition) is 6. The van der Waals surface area contributed by atoms with Crippen LogP contribution in [0.15, 0.2) is 54.1 Å². The lowest BCUT2D eigenvalue weighted by Crippen LogP contribution is -2.35. The van der Waals surface area contributed by atoms with Crippen molar-refractivity contribution in [2.24, 2.45) is 0 Å². The van der Waals surface area contributed by atoms with Gasteiger partial charge in [-0.1, -0.05) is 49.7 Å². The maximum absolute atomic E-state index is 13.1. The fourth-order valence-corrected chi connectivity index (χ4v) is 3.93. The first-order chi connectivity index (χ1) is 16.4. The molecule has 2 aromatic rings. The Morgan fingerprint density at radius 1 is 1.03 bits per heavy atom. The molecule has 1 aliphatic rings. The third-order valence-electron chi connectivity index (χ3n) is 5.71. The van der Waals surface area contributed by atoms with Crippen molar-refractivity contribution in [3.63, 3.8) is 0 Å². The normalized spacial score (nSPS) is 17.4. The fraction of sp³-hybridized carbons (Fsp3) is 0.407. The smallest absolute Gasteiger partial charge is 0.295 e. The monoisotopic (exact) mass is 466 g/mol. The van der Waals surface area contributed by atoms with Crippen molar-refractivity contribution in [3.05, 3.63) is 65.2 Å². The molecule has 0 saturated carbocycles. The number of ether oxygens (including phenoxy) is 2. The highest BCUT2D eigenvalue weighted by Gasteiger charge is 2.46. The molecule has 1 aliphatic heterocycles. The van der Waals surface area contributed by atoms with E-state index < -0.39 is 17.7 Å². The van der Waals surface area contributed by atoms with E-state index in [9.17, 15) is 14.7 Å². The minimum Gasteiger partial charge on any atom is -0.507 e. The van der Waals surface area contributed by atoms with E-state index >= 15 is 0 Å². The molecule has 3 rings (SSSR count). The average molecular weight is 467 g/mol. The molecule has 1 atom stereocenters. The Morgan fingerprint density at radius 3 is 2.41 bits per heavy atom. The Bertz CT molecular complexity index is 1030. The molecule has 7 nitrogen and oxygen atoms in total. The Balaban J connectivity index is 2.11. The van der Waals surface area contributed by atoms with Crippen molar-refractivity contribution >= 4 is 17.4 Å². The minimum atomic E-state index is -0.732. The van der Waals surface area contributed by atoms with Gasteiger partial charge in [0.15, 0.2) is 11.5 Å². The molecule has 1 saturated heterocycles. The summed E-state index contributed by atoms with van der Waals surface area (Å²) in [6.07, 6.45) is 1.94. The third kappa shape index (κ3) is 5.59. The number of unbranched alkanes of at least 4 members (excludes halogenated alkanes) is 1. The quantitative estimate of drug-likeness (QED) is 0.231. The van der Waals surface area contributed by atoms with Crippen molar-refractivity contribution in [2.45, 2.75) is 32.7 Å². The number of Topliss-reactive ketones (excluding diaryl/α,β-unsaturated/α-hetero) is 1. The van der Waals surface area contributed by atoms with Crippen molar-refractivity contribution in [1.82, 2.24) is 9.80 Å². The van der Waals surface area contributed by atoms with Crippen molar-refractivity contribution in [2.75, 3.05) is 40.4 Å². The van der Waals surface area contributed by atoms with Crippen LogP contribution in [0.1, 0.15) is 43.9 Å². The number of carbonyl (C=O) groups is 2. The third-order valence-corrected chi connectivity index (χ3v) is 5.71. The summed E-state index contributed by atoms with van der Waals surface area (Å²) in [5, 5.41) is 11.1. The number of carbonyl (C=O) groups excluding carboxylic acids is 2. The van der Waals surface area contributed by atoms with Crippen LogP contribution in [-0.4, -0.2) is 67.0 Å². The summed E-state index contributed by atoms with van der Waals surface area (Å²) in [7, 11) is 3.82. The number of benzene rings is 2. The summed E-state index contributed by atoms with van der Waals surface area (Å²) in [5.41, 5.74) is 1.25. The summed E-state index contributed by atoms with van der Waals surface area (Å²) in [4.78, 5) is 29.7. The molecular formula is C27H34N2O5. The van der Waals surface area contributed by atoms with Gasteiger partial charge in [0.1, 0.15) is 5.76 Å². The number of ketones is 1. The van der Waals surface area contributed by atoms with Crippen LogP contribution in [0, 0.1) is 0 Å². The standard InChI is InChI=1S/C27H34N2O5/c1-5-7-17-34-21-14-13-20(18-22(21)33-6-2)24-23(25(30)19-11-9-8-10-12-19)26(31)27(32)29(24)16-15-28(3)4/h8-14,18,24,30H,5-7,15-17H2,1-4H3. The van der Waals surface area contributed by atoms with E-state index in [2.05, 4.69) is 6.92 Å². The van der Waals surface area contributed by atoms with E-state index in [1.165, 1.54) is 4.90 Å². The lowest BCUT2D eigenvalue weighted by molar-refractivity contribution is -0.140. The molecule has 1 heterocycles.